The maximum absolute atomic E-state index is 5.46. The lowest BCUT2D eigenvalue weighted by Gasteiger charge is -2.29. The Morgan fingerprint density at radius 1 is 1.41 bits per heavy atom. The molecule has 4 nitrogen and oxygen atoms in total. The molecule has 0 radical (unpaired) electrons. The van der Waals surface area contributed by atoms with Crippen LogP contribution in [-0.4, -0.2) is 32.9 Å². The standard InChI is InChI=1S/C11H19N3OS2/c1-7-8(2)17-9(6-16-7)11-13-10(15-14-11)4-3-5-12/h7-9H,3-6,12H2,1-2H3. The van der Waals surface area contributed by atoms with E-state index < -0.39 is 0 Å². The van der Waals surface area contributed by atoms with Crippen LogP contribution in [0.25, 0.3) is 0 Å². The van der Waals surface area contributed by atoms with Crippen molar-refractivity contribution in [2.75, 3.05) is 12.3 Å². The number of rotatable bonds is 4. The molecule has 1 aromatic rings. The van der Waals surface area contributed by atoms with E-state index in [0.717, 1.165) is 30.3 Å². The number of aromatic nitrogens is 2. The van der Waals surface area contributed by atoms with E-state index in [1.807, 2.05) is 23.5 Å². The number of aryl methyl sites for hydroxylation is 1. The third kappa shape index (κ3) is 3.39. The largest absolute Gasteiger partial charge is 0.339 e. The Morgan fingerprint density at radius 3 is 2.94 bits per heavy atom. The van der Waals surface area contributed by atoms with Gasteiger partial charge < -0.3 is 10.3 Å². The van der Waals surface area contributed by atoms with Crippen molar-refractivity contribution in [3.05, 3.63) is 11.7 Å². The van der Waals surface area contributed by atoms with Crippen molar-refractivity contribution in [3.63, 3.8) is 0 Å². The van der Waals surface area contributed by atoms with Gasteiger partial charge in [-0.25, -0.2) is 0 Å². The van der Waals surface area contributed by atoms with E-state index in [4.69, 9.17) is 10.3 Å². The van der Waals surface area contributed by atoms with Gasteiger partial charge in [0.2, 0.25) is 5.89 Å². The minimum Gasteiger partial charge on any atom is -0.339 e. The second-order valence-electron chi connectivity index (χ2n) is 4.31. The monoisotopic (exact) mass is 273 g/mol. The fourth-order valence-electron chi connectivity index (χ4n) is 1.67. The Labute approximate surface area is 110 Å². The van der Waals surface area contributed by atoms with Crippen LogP contribution in [0.1, 0.15) is 37.2 Å². The lowest BCUT2D eigenvalue weighted by Crippen LogP contribution is -2.22. The molecule has 96 valence electrons. The van der Waals surface area contributed by atoms with Gasteiger partial charge in [-0.15, -0.1) is 11.8 Å². The molecular weight excluding hydrogens is 254 g/mol. The first-order chi connectivity index (χ1) is 8.20. The molecule has 0 saturated carbocycles. The highest BCUT2D eigenvalue weighted by Gasteiger charge is 2.29. The molecule has 17 heavy (non-hydrogen) atoms. The van der Waals surface area contributed by atoms with Crippen molar-refractivity contribution in [2.24, 2.45) is 5.73 Å². The fourth-order valence-corrected chi connectivity index (χ4v) is 4.51. The van der Waals surface area contributed by atoms with Crippen LogP contribution in [-0.2, 0) is 6.42 Å². The Bertz CT molecular complexity index is 358. The normalized spacial score (nSPS) is 29.5. The van der Waals surface area contributed by atoms with Gasteiger partial charge in [0, 0.05) is 22.7 Å². The summed E-state index contributed by atoms with van der Waals surface area (Å²) in [4.78, 5) is 4.46. The van der Waals surface area contributed by atoms with Crippen LogP contribution < -0.4 is 5.73 Å². The van der Waals surface area contributed by atoms with E-state index in [-0.39, 0.29) is 0 Å². The van der Waals surface area contributed by atoms with Gasteiger partial charge in [-0.05, 0) is 13.0 Å². The third-order valence-electron chi connectivity index (χ3n) is 2.92. The van der Waals surface area contributed by atoms with E-state index >= 15 is 0 Å². The molecular formula is C11H19N3OS2. The molecule has 3 atom stereocenters. The molecule has 2 N–H and O–H groups in total. The van der Waals surface area contributed by atoms with Gasteiger partial charge in [0.25, 0.3) is 0 Å². The first-order valence-corrected chi connectivity index (χ1v) is 7.99. The minimum atomic E-state index is 0.376. The smallest absolute Gasteiger partial charge is 0.226 e. The highest BCUT2D eigenvalue weighted by Crippen LogP contribution is 2.43. The van der Waals surface area contributed by atoms with Crippen molar-refractivity contribution in [3.8, 4) is 0 Å². The van der Waals surface area contributed by atoms with Crippen LogP contribution in [0.2, 0.25) is 0 Å². The van der Waals surface area contributed by atoms with E-state index in [9.17, 15) is 0 Å². The molecule has 6 heteroatoms. The molecule has 2 rings (SSSR count). The molecule has 1 aliphatic heterocycles. The predicted octanol–water partition coefficient (Wildman–Crippen LogP) is 2.26. The summed E-state index contributed by atoms with van der Waals surface area (Å²) in [6.07, 6.45) is 1.70. The van der Waals surface area contributed by atoms with Crippen LogP contribution in [0.4, 0.5) is 0 Å². The topological polar surface area (TPSA) is 64.9 Å². The van der Waals surface area contributed by atoms with E-state index in [1.54, 1.807) is 0 Å². The fraction of sp³-hybridized carbons (Fsp3) is 0.818. The number of hydrogen-bond acceptors (Lipinski definition) is 6. The third-order valence-corrected chi connectivity index (χ3v) is 6.30. The van der Waals surface area contributed by atoms with Gasteiger partial charge in [-0.2, -0.15) is 16.7 Å². The molecule has 0 aliphatic carbocycles. The second kappa shape index (κ2) is 6.11. The Hall–Kier alpha value is -0.200. The van der Waals surface area contributed by atoms with E-state index in [2.05, 4.69) is 24.0 Å². The van der Waals surface area contributed by atoms with Crippen molar-refractivity contribution in [1.82, 2.24) is 10.1 Å². The van der Waals surface area contributed by atoms with Crippen LogP contribution in [0, 0.1) is 0 Å². The summed E-state index contributed by atoms with van der Waals surface area (Å²) in [6, 6.07) is 0. The van der Waals surface area contributed by atoms with Crippen molar-refractivity contribution in [1.29, 1.82) is 0 Å². The van der Waals surface area contributed by atoms with Crippen molar-refractivity contribution >= 4 is 23.5 Å². The van der Waals surface area contributed by atoms with E-state index in [0.29, 0.717) is 22.3 Å². The highest BCUT2D eigenvalue weighted by molar-refractivity contribution is 8.07. The molecule has 0 amide bonds. The molecule has 1 fully saturated rings. The lowest BCUT2D eigenvalue weighted by atomic mass is 10.3. The zero-order valence-electron chi connectivity index (χ0n) is 10.3. The summed E-state index contributed by atoms with van der Waals surface area (Å²) in [6.45, 7) is 5.21. The van der Waals surface area contributed by atoms with Crippen LogP contribution in [0.3, 0.4) is 0 Å². The first-order valence-electron chi connectivity index (χ1n) is 6.00. The number of nitrogens with zero attached hydrogens (tertiary/aromatic N) is 2. The van der Waals surface area contributed by atoms with Gasteiger partial charge in [-0.1, -0.05) is 19.0 Å². The average molecular weight is 273 g/mol. The Morgan fingerprint density at radius 2 is 2.24 bits per heavy atom. The van der Waals surface area contributed by atoms with Gasteiger partial charge in [0.15, 0.2) is 5.82 Å². The molecule has 0 bridgehead atoms. The first kappa shape index (κ1) is 13.2. The number of hydrogen-bond donors (Lipinski definition) is 1. The van der Waals surface area contributed by atoms with Crippen molar-refractivity contribution < 1.29 is 4.52 Å². The number of nitrogens with two attached hydrogens (primary N) is 1. The zero-order chi connectivity index (χ0) is 12.3. The zero-order valence-corrected chi connectivity index (χ0v) is 11.9. The average Bonchev–Trinajstić information content (AvgIpc) is 2.79. The minimum absolute atomic E-state index is 0.376. The molecule has 0 aromatic carbocycles. The van der Waals surface area contributed by atoms with Gasteiger partial charge in [0.05, 0.1) is 5.25 Å². The highest BCUT2D eigenvalue weighted by atomic mass is 32.2. The number of thioether (sulfide) groups is 2. The maximum Gasteiger partial charge on any atom is 0.226 e. The van der Waals surface area contributed by atoms with Crippen LogP contribution >= 0.6 is 23.5 Å². The van der Waals surface area contributed by atoms with Crippen molar-refractivity contribution in [2.45, 2.75) is 42.4 Å². The second-order valence-corrected chi connectivity index (χ2v) is 7.30. The summed E-state index contributed by atoms with van der Waals surface area (Å²) >= 11 is 3.95. The molecule has 1 aromatic heterocycles. The van der Waals surface area contributed by atoms with Crippen LogP contribution in [0.15, 0.2) is 4.52 Å². The molecule has 1 saturated heterocycles. The van der Waals surface area contributed by atoms with E-state index in [1.165, 1.54) is 0 Å². The maximum atomic E-state index is 5.46. The summed E-state index contributed by atoms with van der Waals surface area (Å²) in [5.41, 5.74) is 5.46. The Kier molecular flexibility index (Phi) is 4.76. The molecule has 2 heterocycles. The molecule has 3 unspecified atom stereocenters. The van der Waals surface area contributed by atoms with Gasteiger partial charge in [-0.3, -0.25) is 0 Å². The van der Waals surface area contributed by atoms with Gasteiger partial charge in [0.1, 0.15) is 0 Å². The quantitative estimate of drug-likeness (QED) is 0.908. The van der Waals surface area contributed by atoms with Gasteiger partial charge >= 0.3 is 0 Å². The predicted molar refractivity (Wildman–Crippen MR) is 73.4 cm³/mol. The lowest BCUT2D eigenvalue weighted by molar-refractivity contribution is 0.371. The van der Waals surface area contributed by atoms with Crippen LogP contribution in [0.5, 0.6) is 0 Å². The summed E-state index contributed by atoms with van der Waals surface area (Å²) < 4.78 is 5.24. The molecule has 1 aliphatic rings. The summed E-state index contributed by atoms with van der Waals surface area (Å²) in [5, 5.41) is 5.82. The SMILES string of the molecule is CC1SCC(c2noc(CCCN)n2)SC1C. The Balaban J connectivity index is 1.95. The molecule has 0 spiro atoms. The summed E-state index contributed by atoms with van der Waals surface area (Å²) in [7, 11) is 0. The summed E-state index contributed by atoms with van der Waals surface area (Å²) in [5.74, 6) is 2.65.